The molecule has 1 fully saturated rings. The van der Waals surface area contributed by atoms with Crippen LogP contribution in [0.25, 0.3) is 0 Å². The fraction of sp³-hybridized carbons (Fsp3) is 0.467. The quantitative estimate of drug-likeness (QED) is 0.786. The van der Waals surface area contributed by atoms with Crippen LogP contribution in [-0.2, 0) is 26.2 Å². The molecule has 7 nitrogen and oxygen atoms in total. The summed E-state index contributed by atoms with van der Waals surface area (Å²) >= 11 is 0. The molecule has 23 heavy (non-hydrogen) atoms. The number of carbonyl (C=O) groups is 2. The van der Waals surface area contributed by atoms with E-state index in [0.717, 1.165) is 6.26 Å². The van der Waals surface area contributed by atoms with Gasteiger partial charge in [0.2, 0.25) is 15.9 Å². The Kier molecular flexibility index (Phi) is 5.38. The van der Waals surface area contributed by atoms with Gasteiger partial charge in [0, 0.05) is 18.7 Å². The summed E-state index contributed by atoms with van der Waals surface area (Å²) in [7, 11) is -3.30. The number of ether oxygens (including phenoxy) is 1. The van der Waals surface area contributed by atoms with Crippen LogP contribution < -0.4 is 5.73 Å². The van der Waals surface area contributed by atoms with Gasteiger partial charge in [-0.15, -0.1) is 0 Å². The molecule has 1 saturated heterocycles. The van der Waals surface area contributed by atoms with Crippen molar-refractivity contribution in [3.8, 4) is 0 Å². The van der Waals surface area contributed by atoms with E-state index in [9.17, 15) is 18.0 Å². The first-order valence-electron chi connectivity index (χ1n) is 7.28. The Bertz CT molecular complexity index is 702. The number of hydrogen-bond donors (Lipinski definition) is 1. The summed E-state index contributed by atoms with van der Waals surface area (Å²) in [6.45, 7) is 0.609. The second kappa shape index (κ2) is 7.10. The first-order chi connectivity index (χ1) is 10.8. The normalized spacial score (nSPS) is 19.3. The van der Waals surface area contributed by atoms with Gasteiger partial charge < -0.3 is 10.5 Å². The predicted octanol–water partition coefficient (Wildman–Crippen LogP) is 0.500. The van der Waals surface area contributed by atoms with Crippen LogP contribution in [-0.4, -0.2) is 43.9 Å². The van der Waals surface area contributed by atoms with Crippen LogP contribution in [0.15, 0.2) is 24.3 Å². The largest absolute Gasteiger partial charge is 0.461 e. The molecule has 0 spiro atoms. The lowest BCUT2D eigenvalue weighted by atomic mass is 10.00. The highest BCUT2D eigenvalue weighted by molar-refractivity contribution is 7.88. The Morgan fingerprint density at radius 2 is 2.13 bits per heavy atom. The number of amides is 1. The summed E-state index contributed by atoms with van der Waals surface area (Å²) in [6.07, 6.45) is 2.37. The van der Waals surface area contributed by atoms with Gasteiger partial charge in [0.05, 0.1) is 12.2 Å². The van der Waals surface area contributed by atoms with Crippen molar-refractivity contribution < 1.29 is 22.7 Å². The molecular weight excluding hydrogens is 320 g/mol. The van der Waals surface area contributed by atoms with E-state index in [1.807, 2.05) is 0 Å². The lowest BCUT2D eigenvalue weighted by molar-refractivity contribution is -0.151. The van der Waals surface area contributed by atoms with E-state index in [2.05, 4.69) is 0 Å². The Hall–Kier alpha value is -1.93. The summed E-state index contributed by atoms with van der Waals surface area (Å²) in [5.74, 6) is -1.44. The lowest BCUT2D eigenvalue weighted by Crippen LogP contribution is -2.42. The lowest BCUT2D eigenvalue weighted by Gasteiger charge is -2.29. The molecule has 0 saturated carbocycles. The molecule has 1 amide bonds. The Morgan fingerprint density at radius 1 is 1.39 bits per heavy atom. The number of rotatable bonds is 5. The van der Waals surface area contributed by atoms with Gasteiger partial charge in [-0.1, -0.05) is 12.1 Å². The van der Waals surface area contributed by atoms with Gasteiger partial charge in [-0.05, 0) is 30.5 Å². The van der Waals surface area contributed by atoms with Gasteiger partial charge >= 0.3 is 5.97 Å². The topological polar surface area (TPSA) is 107 Å². The van der Waals surface area contributed by atoms with Gasteiger partial charge in [0.1, 0.15) is 6.61 Å². The third-order valence-corrected chi connectivity index (χ3v) is 5.05. The molecule has 1 atom stereocenters. The van der Waals surface area contributed by atoms with Crippen LogP contribution >= 0.6 is 0 Å². The minimum Gasteiger partial charge on any atom is -0.461 e. The van der Waals surface area contributed by atoms with Crippen LogP contribution in [0.4, 0.5) is 0 Å². The maximum atomic E-state index is 12.1. The maximum Gasteiger partial charge on any atom is 0.310 e. The van der Waals surface area contributed by atoms with Crippen molar-refractivity contribution in [2.45, 2.75) is 19.4 Å². The summed E-state index contributed by atoms with van der Waals surface area (Å²) < 4.78 is 29.7. The Balaban J connectivity index is 1.94. The number of nitrogens with zero attached hydrogens (tertiary/aromatic N) is 1. The molecule has 1 aromatic rings. The molecule has 0 radical (unpaired) electrons. The summed E-state index contributed by atoms with van der Waals surface area (Å²) in [5, 5.41) is 0. The van der Waals surface area contributed by atoms with E-state index >= 15 is 0 Å². The SMILES string of the molecule is CS(=O)(=O)N1CCCC(C(=O)OCc2cccc(C(N)=O)c2)C1. The number of nitrogens with two attached hydrogens (primary N) is 1. The third kappa shape index (κ3) is 4.77. The summed E-state index contributed by atoms with van der Waals surface area (Å²) in [4.78, 5) is 23.2. The molecule has 1 heterocycles. The van der Waals surface area contributed by atoms with E-state index in [1.165, 1.54) is 4.31 Å². The van der Waals surface area contributed by atoms with Gasteiger partial charge in [-0.3, -0.25) is 9.59 Å². The van der Waals surface area contributed by atoms with E-state index in [4.69, 9.17) is 10.5 Å². The van der Waals surface area contributed by atoms with Crippen molar-refractivity contribution in [3.05, 3.63) is 35.4 Å². The van der Waals surface area contributed by atoms with E-state index in [-0.39, 0.29) is 13.2 Å². The maximum absolute atomic E-state index is 12.1. The van der Waals surface area contributed by atoms with Crippen molar-refractivity contribution in [2.24, 2.45) is 11.7 Å². The molecule has 2 N–H and O–H groups in total. The van der Waals surface area contributed by atoms with Crippen LogP contribution in [0.5, 0.6) is 0 Å². The first kappa shape index (κ1) is 17.4. The van der Waals surface area contributed by atoms with Crippen LogP contribution in [0.2, 0.25) is 0 Å². The zero-order chi connectivity index (χ0) is 17.0. The van der Waals surface area contributed by atoms with E-state index < -0.39 is 27.8 Å². The monoisotopic (exact) mass is 340 g/mol. The predicted molar refractivity (Wildman–Crippen MR) is 83.9 cm³/mol. The highest BCUT2D eigenvalue weighted by Crippen LogP contribution is 2.20. The second-order valence-electron chi connectivity index (χ2n) is 5.63. The zero-order valence-corrected chi connectivity index (χ0v) is 13.7. The van der Waals surface area contributed by atoms with Crippen molar-refractivity contribution in [2.75, 3.05) is 19.3 Å². The molecule has 1 aromatic carbocycles. The van der Waals surface area contributed by atoms with Crippen molar-refractivity contribution in [1.29, 1.82) is 0 Å². The van der Waals surface area contributed by atoms with Crippen LogP contribution in [0.1, 0.15) is 28.8 Å². The number of esters is 1. The molecule has 1 aliphatic rings. The van der Waals surface area contributed by atoms with E-state index in [0.29, 0.717) is 30.5 Å². The minimum atomic E-state index is -3.30. The molecule has 1 aliphatic heterocycles. The Labute approximate surface area is 135 Å². The van der Waals surface area contributed by atoms with Crippen molar-refractivity contribution in [3.63, 3.8) is 0 Å². The molecule has 8 heteroatoms. The molecule has 1 unspecified atom stereocenters. The number of piperidine rings is 1. The molecule has 2 rings (SSSR count). The van der Waals surface area contributed by atoms with Crippen LogP contribution in [0, 0.1) is 5.92 Å². The highest BCUT2D eigenvalue weighted by atomic mass is 32.2. The number of primary amides is 1. The van der Waals surface area contributed by atoms with Crippen molar-refractivity contribution in [1.82, 2.24) is 4.31 Å². The number of carbonyl (C=O) groups excluding carboxylic acids is 2. The van der Waals surface area contributed by atoms with Gasteiger partial charge in [-0.25, -0.2) is 12.7 Å². The van der Waals surface area contributed by atoms with Gasteiger partial charge in [0.25, 0.3) is 0 Å². The summed E-state index contributed by atoms with van der Waals surface area (Å²) in [6, 6.07) is 6.54. The molecule has 126 valence electrons. The number of benzene rings is 1. The first-order valence-corrected chi connectivity index (χ1v) is 9.12. The zero-order valence-electron chi connectivity index (χ0n) is 12.9. The third-order valence-electron chi connectivity index (χ3n) is 3.78. The van der Waals surface area contributed by atoms with Crippen molar-refractivity contribution >= 4 is 21.9 Å². The fourth-order valence-corrected chi connectivity index (χ4v) is 3.43. The van der Waals surface area contributed by atoms with Gasteiger partial charge in [0.15, 0.2) is 0 Å². The molecule has 0 bridgehead atoms. The average Bonchev–Trinajstić information content (AvgIpc) is 2.52. The smallest absolute Gasteiger partial charge is 0.310 e. The average molecular weight is 340 g/mol. The fourth-order valence-electron chi connectivity index (χ4n) is 2.52. The molecular formula is C15H20N2O5S. The standard InChI is InChI=1S/C15H20N2O5S/c1-23(20,21)17-7-3-6-13(9-17)15(19)22-10-11-4-2-5-12(8-11)14(16)18/h2,4-5,8,13H,3,6-7,9-10H2,1H3,(H2,16,18). The molecule has 0 aromatic heterocycles. The summed E-state index contributed by atoms with van der Waals surface area (Å²) in [5.41, 5.74) is 6.21. The number of sulfonamides is 1. The minimum absolute atomic E-state index is 0.0231. The van der Waals surface area contributed by atoms with Crippen LogP contribution in [0.3, 0.4) is 0 Å². The number of hydrogen-bond acceptors (Lipinski definition) is 5. The highest BCUT2D eigenvalue weighted by Gasteiger charge is 2.31. The van der Waals surface area contributed by atoms with E-state index in [1.54, 1.807) is 24.3 Å². The second-order valence-corrected chi connectivity index (χ2v) is 7.61. The molecule has 0 aliphatic carbocycles. The Morgan fingerprint density at radius 3 is 2.78 bits per heavy atom. The van der Waals surface area contributed by atoms with Gasteiger partial charge in [-0.2, -0.15) is 0 Å².